The fraction of sp³-hybridized carbons (Fsp3) is 0. The SMILES string of the molecule is c1ccc(-c2nc(-c3ccc(-c4ccc5c(-c6ccc7ccccc7c6)c6ccccc6c(-c6ccc7ccccc7c6)c5c4)cc3)nc3c2sc2ccccc23)cc1. The van der Waals surface area contributed by atoms with Gasteiger partial charge in [-0.3, -0.25) is 0 Å². The van der Waals surface area contributed by atoms with Gasteiger partial charge in [-0.25, -0.2) is 9.97 Å². The van der Waals surface area contributed by atoms with Gasteiger partial charge in [-0.1, -0.05) is 182 Å². The summed E-state index contributed by atoms with van der Waals surface area (Å²) in [6.07, 6.45) is 0. The third kappa shape index (κ3) is 5.62. The van der Waals surface area contributed by atoms with Crippen molar-refractivity contribution in [3.05, 3.63) is 206 Å². The first-order valence-electron chi connectivity index (χ1n) is 20.1. The van der Waals surface area contributed by atoms with E-state index in [1.165, 1.54) is 75.4 Å². The van der Waals surface area contributed by atoms with Crippen LogP contribution in [-0.2, 0) is 0 Å². The molecule has 0 saturated carbocycles. The highest BCUT2D eigenvalue weighted by molar-refractivity contribution is 7.26. The van der Waals surface area contributed by atoms with Crippen LogP contribution in [0.15, 0.2) is 206 Å². The van der Waals surface area contributed by atoms with Crippen LogP contribution in [0.2, 0.25) is 0 Å². The Hall–Kier alpha value is -7.46. The Labute approximate surface area is 345 Å². The second-order valence-corrected chi connectivity index (χ2v) is 16.3. The lowest BCUT2D eigenvalue weighted by Crippen LogP contribution is -1.94. The summed E-state index contributed by atoms with van der Waals surface area (Å²) in [5, 5.41) is 11.1. The van der Waals surface area contributed by atoms with Crippen LogP contribution in [0, 0.1) is 0 Å². The van der Waals surface area contributed by atoms with Crippen LogP contribution >= 0.6 is 11.3 Å². The molecule has 274 valence electrons. The lowest BCUT2D eigenvalue weighted by molar-refractivity contribution is 1.24. The highest BCUT2D eigenvalue weighted by Gasteiger charge is 2.20. The molecule has 12 rings (SSSR count). The van der Waals surface area contributed by atoms with Crippen molar-refractivity contribution in [1.82, 2.24) is 9.97 Å². The first-order chi connectivity index (χ1) is 29.2. The molecule has 0 radical (unpaired) electrons. The summed E-state index contributed by atoms with van der Waals surface area (Å²) < 4.78 is 2.34. The second kappa shape index (κ2) is 13.6. The maximum atomic E-state index is 5.23. The van der Waals surface area contributed by atoms with Crippen LogP contribution in [-0.4, -0.2) is 9.97 Å². The molecule has 2 aromatic heterocycles. The van der Waals surface area contributed by atoms with Crippen LogP contribution in [0.3, 0.4) is 0 Å². The number of nitrogens with zero attached hydrogens (tertiary/aromatic N) is 2. The van der Waals surface area contributed by atoms with Crippen LogP contribution in [0.25, 0.3) is 119 Å². The van der Waals surface area contributed by atoms with Crippen molar-refractivity contribution in [2.24, 2.45) is 0 Å². The molecule has 2 nitrogen and oxygen atoms in total. The normalized spacial score (nSPS) is 11.7. The van der Waals surface area contributed by atoms with E-state index in [0.717, 1.165) is 44.0 Å². The predicted molar refractivity (Wildman–Crippen MR) is 252 cm³/mol. The van der Waals surface area contributed by atoms with Gasteiger partial charge in [-0.2, -0.15) is 0 Å². The molecule has 0 saturated heterocycles. The summed E-state index contributed by atoms with van der Waals surface area (Å²) in [5.41, 5.74) is 11.3. The van der Waals surface area contributed by atoms with E-state index in [1.54, 1.807) is 11.3 Å². The molecule has 0 aliphatic rings. The predicted octanol–water partition coefficient (Wildman–Crippen LogP) is 15.8. The molecule has 3 heteroatoms. The van der Waals surface area contributed by atoms with Gasteiger partial charge in [0.2, 0.25) is 0 Å². The van der Waals surface area contributed by atoms with Crippen molar-refractivity contribution in [3.63, 3.8) is 0 Å². The number of hydrogen-bond acceptors (Lipinski definition) is 3. The molecule has 2 heterocycles. The van der Waals surface area contributed by atoms with Crippen LogP contribution in [0.4, 0.5) is 0 Å². The Kier molecular flexibility index (Phi) is 7.75. The Morgan fingerprint density at radius 2 is 0.814 bits per heavy atom. The van der Waals surface area contributed by atoms with E-state index in [2.05, 4.69) is 206 Å². The summed E-state index contributed by atoms with van der Waals surface area (Å²) in [6, 6.07) is 74.8. The molecule has 10 aromatic carbocycles. The average molecular weight is 767 g/mol. The monoisotopic (exact) mass is 766 g/mol. The Balaban J connectivity index is 1.05. The average Bonchev–Trinajstić information content (AvgIpc) is 3.69. The number of benzene rings is 10. The van der Waals surface area contributed by atoms with Gasteiger partial charge < -0.3 is 0 Å². The van der Waals surface area contributed by atoms with E-state index in [0.29, 0.717) is 0 Å². The molecule has 0 N–H and O–H groups in total. The molecule has 0 spiro atoms. The minimum absolute atomic E-state index is 0.732. The topological polar surface area (TPSA) is 25.8 Å². The summed E-state index contributed by atoms with van der Waals surface area (Å²) >= 11 is 1.76. The molecule has 12 aromatic rings. The van der Waals surface area contributed by atoms with Crippen molar-refractivity contribution in [2.75, 3.05) is 0 Å². The van der Waals surface area contributed by atoms with Gasteiger partial charge in [0.1, 0.15) is 0 Å². The summed E-state index contributed by atoms with van der Waals surface area (Å²) in [6.45, 7) is 0. The Bertz CT molecular complexity index is 3600. The second-order valence-electron chi connectivity index (χ2n) is 15.3. The quantitative estimate of drug-likeness (QED) is 0.163. The van der Waals surface area contributed by atoms with Gasteiger partial charge in [-0.05, 0) is 101 Å². The zero-order valence-corrected chi connectivity index (χ0v) is 32.7. The lowest BCUT2D eigenvalue weighted by atomic mass is 9.84. The van der Waals surface area contributed by atoms with Gasteiger partial charge in [0.25, 0.3) is 0 Å². The van der Waals surface area contributed by atoms with Crippen molar-refractivity contribution in [3.8, 4) is 56.0 Å². The Morgan fingerprint density at radius 1 is 0.305 bits per heavy atom. The first-order valence-corrected chi connectivity index (χ1v) is 20.9. The van der Waals surface area contributed by atoms with Crippen LogP contribution < -0.4 is 0 Å². The maximum Gasteiger partial charge on any atom is 0.160 e. The van der Waals surface area contributed by atoms with Crippen molar-refractivity contribution < 1.29 is 0 Å². The van der Waals surface area contributed by atoms with Crippen molar-refractivity contribution in [2.45, 2.75) is 0 Å². The van der Waals surface area contributed by atoms with Crippen molar-refractivity contribution >= 4 is 74.7 Å². The van der Waals surface area contributed by atoms with Gasteiger partial charge >= 0.3 is 0 Å². The number of aromatic nitrogens is 2. The third-order valence-corrected chi connectivity index (χ3v) is 13.0. The summed E-state index contributed by atoms with van der Waals surface area (Å²) in [4.78, 5) is 10.4. The highest BCUT2D eigenvalue weighted by Crippen LogP contribution is 2.46. The minimum Gasteiger partial charge on any atom is -0.226 e. The number of fused-ring (bicyclic) bond motifs is 7. The summed E-state index contributed by atoms with van der Waals surface area (Å²) in [5.74, 6) is 0.732. The van der Waals surface area contributed by atoms with Crippen molar-refractivity contribution in [1.29, 1.82) is 0 Å². The fourth-order valence-electron chi connectivity index (χ4n) is 8.99. The summed E-state index contributed by atoms with van der Waals surface area (Å²) in [7, 11) is 0. The molecule has 0 unspecified atom stereocenters. The van der Waals surface area contributed by atoms with Gasteiger partial charge in [-0.15, -0.1) is 11.3 Å². The highest BCUT2D eigenvalue weighted by atomic mass is 32.1. The zero-order chi connectivity index (χ0) is 38.9. The van der Waals surface area contributed by atoms with Gasteiger partial charge in [0, 0.05) is 21.2 Å². The van der Waals surface area contributed by atoms with E-state index in [9.17, 15) is 0 Å². The van der Waals surface area contributed by atoms with Crippen LogP contribution in [0.5, 0.6) is 0 Å². The molecule has 59 heavy (non-hydrogen) atoms. The molecule has 0 atom stereocenters. The molecular formula is C56H34N2S. The van der Waals surface area contributed by atoms with Crippen LogP contribution in [0.1, 0.15) is 0 Å². The van der Waals surface area contributed by atoms with E-state index >= 15 is 0 Å². The molecule has 0 fully saturated rings. The maximum absolute atomic E-state index is 5.23. The van der Waals surface area contributed by atoms with Gasteiger partial charge in [0.15, 0.2) is 5.82 Å². The smallest absolute Gasteiger partial charge is 0.160 e. The largest absolute Gasteiger partial charge is 0.226 e. The molecule has 0 bridgehead atoms. The van der Waals surface area contributed by atoms with E-state index < -0.39 is 0 Å². The number of rotatable bonds is 5. The lowest BCUT2D eigenvalue weighted by Gasteiger charge is -2.19. The molecule has 0 aliphatic heterocycles. The van der Waals surface area contributed by atoms with E-state index in [-0.39, 0.29) is 0 Å². The minimum atomic E-state index is 0.732. The van der Waals surface area contributed by atoms with E-state index in [4.69, 9.17) is 9.97 Å². The zero-order valence-electron chi connectivity index (χ0n) is 31.9. The molecular weight excluding hydrogens is 733 g/mol. The fourth-order valence-corrected chi connectivity index (χ4v) is 10.1. The van der Waals surface area contributed by atoms with E-state index in [1.807, 2.05) is 0 Å². The first kappa shape index (κ1) is 33.7. The molecule has 0 amide bonds. The number of thiophene rings is 1. The molecule has 0 aliphatic carbocycles. The number of hydrogen-bond donors (Lipinski definition) is 0. The third-order valence-electron chi connectivity index (χ3n) is 11.8. The standard InChI is InChI=1S/C56H34N2S/c1-2-14-38(15-3-1)53-55-54(48-20-10-11-21-50(48)59-55)58-56(57-53)39-26-22-37(23-27-39)42-30-31-47-49(34-42)52(44-29-25-36-13-5-7-17-41(36)33-44)46-19-9-8-18-45(46)51(47)43-28-24-35-12-4-6-16-40(35)32-43/h1-34H. The Morgan fingerprint density at radius 3 is 1.49 bits per heavy atom. The van der Waals surface area contributed by atoms with Gasteiger partial charge in [0.05, 0.1) is 15.9 Å².